The number of carbonyl (C=O) groups is 1. The van der Waals surface area contributed by atoms with E-state index in [0.717, 1.165) is 16.8 Å². The van der Waals surface area contributed by atoms with Crippen LogP contribution < -0.4 is 5.32 Å². The average Bonchev–Trinajstić information content (AvgIpc) is 2.95. The Bertz CT molecular complexity index is 779. The minimum absolute atomic E-state index is 0.149. The number of nitrogens with one attached hydrogen (secondary N) is 1. The highest BCUT2D eigenvalue weighted by atomic mass is 16.1. The predicted octanol–water partition coefficient (Wildman–Crippen LogP) is 3.17. The largest absolute Gasteiger partial charge is 0.347 e. The molecule has 2 aromatic carbocycles. The molecule has 4 heteroatoms. The van der Waals surface area contributed by atoms with Gasteiger partial charge in [-0.05, 0) is 24.1 Å². The second-order valence-corrected chi connectivity index (χ2v) is 5.48. The summed E-state index contributed by atoms with van der Waals surface area (Å²) in [5.41, 5.74) is 3.66. The van der Waals surface area contributed by atoms with Gasteiger partial charge in [-0.2, -0.15) is 5.10 Å². The number of aryl methyl sites for hydroxylation is 1. The quantitative estimate of drug-likeness (QED) is 0.787. The zero-order chi connectivity index (χ0) is 16.1. The van der Waals surface area contributed by atoms with Crippen molar-refractivity contribution in [1.82, 2.24) is 15.1 Å². The topological polar surface area (TPSA) is 46.9 Å². The molecule has 3 rings (SSSR count). The predicted molar refractivity (Wildman–Crippen MR) is 90.1 cm³/mol. The molecule has 4 nitrogen and oxygen atoms in total. The van der Waals surface area contributed by atoms with Crippen LogP contribution in [0.4, 0.5) is 0 Å². The summed E-state index contributed by atoms with van der Waals surface area (Å²) >= 11 is 0. The van der Waals surface area contributed by atoms with Crippen LogP contribution in [0.2, 0.25) is 0 Å². The molecule has 0 fully saturated rings. The molecular weight excluding hydrogens is 286 g/mol. The summed E-state index contributed by atoms with van der Waals surface area (Å²) in [7, 11) is 0. The Morgan fingerprint density at radius 2 is 1.61 bits per heavy atom. The van der Waals surface area contributed by atoms with Gasteiger partial charge in [-0.3, -0.25) is 9.48 Å². The SMILES string of the molecule is Cc1cc(C(=O)NCc2ccccc2)nn1Cc1ccccc1. The van der Waals surface area contributed by atoms with Crippen molar-refractivity contribution >= 4 is 5.91 Å². The highest BCUT2D eigenvalue weighted by Crippen LogP contribution is 2.08. The summed E-state index contributed by atoms with van der Waals surface area (Å²) in [4.78, 5) is 12.2. The summed E-state index contributed by atoms with van der Waals surface area (Å²) < 4.78 is 1.85. The van der Waals surface area contributed by atoms with E-state index in [1.807, 2.05) is 66.2 Å². The third kappa shape index (κ3) is 3.86. The van der Waals surface area contributed by atoms with Crippen LogP contribution in [-0.4, -0.2) is 15.7 Å². The van der Waals surface area contributed by atoms with Crippen molar-refractivity contribution < 1.29 is 4.79 Å². The van der Waals surface area contributed by atoms with Crippen LogP contribution in [0.25, 0.3) is 0 Å². The molecule has 0 aliphatic carbocycles. The minimum atomic E-state index is -0.149. The molecule has 116 valence electrons. The maximum atomic E-state index is 12.2. The van der Waals surface area contributed by atoms with Crippen molar-refractivity contribution in [2.24, 2.45) is 0 Å². The van der Waals surface area contributed by atoms with Gasteiger partial charge in [0.2, 0.25) is 0 Å². The fraction of sp³-hybridized carbons (Fsp3) is 0.158. The summed E-state index contributed by atoms with van der Waals surface area (Å²) in [5, 5.41) is 7.33. The van der Waals surface area contributed by atoms with E-state index >= 15 is 0 Å². The molecule has 1 N–H and O–H groups in total. The minimum Gasteiger partial charge on any atom is -0.347 e. The fourth-order valence-corrected chi connectivity index (χ4v) is 2.41. The van der Waals surface area contributed by atoms with Gasteiger partial charge in [-0.25, -0.2) is 0 Å². The van der Waals surface area contributed by atoms with E-state index in [0.29, 0.717) is 18.8 Å². The van der Waals surface area contributed by atoms with Crippen LogP contribution in [0.1, 0.15) is 27.3 Å². The van der Waals surface area contributed by atoms with E-state index in [-0.39, 0.29) is 5.91 Å². The molecule has 0 saturated carbocycles. The van der Waals surface area contributed by atoms with E-state index in [9.17, 15) is 4.79 Å². The Hall–Kier alpha value is -2.88. The number of hydrogen-bond acceptors (Lipinski definition) is 2. The van der Waals surface area contributed by atoms with Gasteiger partial charge in [-0.1, -0.05) is 60.7 Å². The zero-order valence-corrected chi connectivity index (χ0v) is 13.1. The molecule has 1 amide bonds. The van der Waals surface area contributed by atoms with Crippen LogP contribution >= 0.6 is 0 Å². The van der Waals surface area contributed by atoms with Crippen molar-refractivity contribution in [2.45, 2.75) is 20.0 Å². The third-order valence-electron chi connectivity index (χ3n) is 3.68. The lowest BCUT2D eigenvalue weighted by molar-refractivity contribution is 0.0945. The number of benzene rings is 2. The third-order valence-corrected chi connectivity index (χ3v) is 3.68. The van der Waals surface area contributed by atoms with Crippen LogP contribution in [0.5, 0.6) is 0 Å². The Labute approximate surface area is 135 Å². The van der Waals surface area contributed by atoms with Crippen LogP contribution in [0, 0.1) is 6.92 Å². The van der Waals surface area contributed by atoms with E-state index in [1.165, 1.54) is 0 Å². The van der Waals surface area contributed by atoms with Crippen molar-refractivity contribution in [3.8, 4) is 0 Å². The standard InChI is InChI=1S/C19H19N3O/c1-15-12-18(19(23)20-13-16-8-4-2-5-9-16)21-22(15)14-17-10-6-3-7-11-17/h2-12H,13-14H2,1H3,(H,20,23). The molecule has 3 aromatic rings. The molecule has 1 heterocycles. The van der Waals surface area contributed by atoms with Gasteiger partial charge in [0.15, 0.2) is 0 Å². The molecule has 0 spiro atoms. The molecular formula is C19H19N3O. The van der Waals surface area contributed by atoms with E-state index in [4.69, 9.17) is 0 Å². The molecule has 23 heavy (non-hydrogen) atoms. The second-order valence-electron chi connectivity index (χ2n) is 5.48. The van der Waals surface area contributed by atoms with Crippen molar-refractivity contribution in [3.63, 3.8) is 0 Å². The van der Waals surface area contributed by atoms with Gasteiger partial charge in [0, 0.05) is 12.2 Å². The number of hydrogen-bond donors (Lipinski definition) is 1. The highest BCUT2D eigenvalue weighted by Gasteiger charge is 2.12. The first kappa shape index (κ1) is 15.0. The first-order valence-electron chi connectivity index (χ1n) is 7.63. The lowest BCUT2D eigenvalue weighted by atomic mass is 10.2. The maximum absolute atomic E-state index is 12.2. The molecule has 0 aliphatic heterocycles. The van der Waals surface area contributed by atoms with Gasteiger partial charge in [-0.15, -0.1) is 0 Å². The van der Waals surface area contributed by atoms with Crippen LogP contribution in [-0.2, 0) is 13.1 Å². The Balaban J connectivity index is 1.66. The summed E-state index contributed by atoms with van der Waals surface area (Å²) in [5.74, 6) is -0.149. The smallest absolute Gasteiger partial charge is 0.272 e. The Morgan fingerprint density at radius 1 is 1.00 bits per heavy atom. The van der Waals surface area contributed by atoms with Crippen molar-refractivity contribution in [2.75, 3.05) is 0 Å². The number of carbonyl (C=O) groups excluding carboxylic acids is 1. The highest BCUT2D eigenvalue weighted by molar-refractivity contribution is 5.92. The number of nitrogens with zero attached hydrogens (tertiary/aromatic N) is 2. The molecule has 0 saturated heterocycles. The lowest BCUT2D eigenvalue weighted by Crippen LogP contribution is -2.23. The monoisotopic (exact) mass is 305 g/mol. The van der Waals surface area contributed by atoms with Crippen LogP contribution in [0.3, 0.4) is 0 Å². The van der Waals surface area contributed by atoms with Gasteiger partial charge < -0.3 is 5.32 Å². The van der Waals surface area contributed by atoms with E-state index in [1.54, 1.807) is 0 Å². The molecule has 0 bridgehead atoms. The average molecular weight is 305 g/mol. The maximum Gasteiger partial charge on any atom is 0.272 e. The number of aromatic nitrogens is 2. The van der Waals surface area contributed by atoms with Gasteiger partial charge in [0.25, 0.3) is 5.91 Å². The molecule has 1 aromatic heterocycles. The second kappa shape index (κ2) is 6.92. The van der Waals surface area contributed by atoms with Gasteiger partial charge in [0.1, 0.15) is 5.69 Å². The number of amides is 1. The first-order chi connectivity index (χ1) is 11.2. The summed E-state index contributed by atoms with van der Waals surface area (Å²) in [6.07, 6.45) is 0. The van der Waals surface area contributed by atoms with Gasteiger partial charge in [0.05, 0.1) is 6.54 Å². The fourth-order valence-electron chi connectivity index (χ4n) is 2.41. The summed E-state index contributed by atoms with van der Waals surface area (Å²) in [6.45, 7) is 3.13. The Morgan fingerprint density at radius 3 is 2.26 bits per heavy atom. The van der Waals surface area contributed by atoms with Crippen molar-refractivity contribution in [1.29, 1.82) is 0 Å². The van der Waals surface area contributed by atoms with E-state index < -0.39 is 0 Å². The van der Waals surface area contributed by atoms with E-state index in [2.05, 4.69) is 22.5 Å². The zero-order valence-electron chi connectivity index (χ0n) is 13.1. The van der Waals surface area contributed by atoms with Crippen molar-refractivity contribution in [3.05, 3.63) is 89.2 Å². The van der Waals surface area contributed by atoms with Gasteiger partial charge >= 0.3 is 0 Å². The normalized spacial score (nSPS) is 10.5. The summed E-state index contributed by atoms with van der Waals surface area (Å²) in [6, 6.07) is 21.8. The first-order valence-corrected chi connectivity index (χ1v) is 7.63. The lowest BCUT2D eigenvalue weighted by Gasteiger charge is -2.04. The van der Waals surface area contributed by atoms with Crippen LogP contribution in [0.15, 0.2) is 66.7 Å². The Kier molecular flexibility index (Phi) is 4.52. The molecule has 0 atom stereocenters. The molecule has 0 aliphatic rings. The number of rotatable bonds is 5. The molecule has 0 radical (unpaired) electrons. The molecule has 0 unspecified atom stereocenters.